The molecule has 1 N–H and O–H groups in total. The predicted molar refractivity (Wildman–Crippen MR) is 54.4 cm³/mol. The highest BCUT2D eigenvalue weighted by Crippen LogP contribution is 2.30. The average Bonchev–Trinajstić information content (AvgIpc) is 2.06. The molecule has 0 spiro atoms. The van der Waals surface area contributed by atoms with Crippen molar-refractivity contribution in [3.05, 3.63) is 0 Å². The molecule has 0 heterocycles. The number of hydrogen-bond acceptors (Lipinski definition) is 3. The lowest BCUT2D eigenvalue weighted by atomic mass is 9.81. The van der Waals surface area contributed by atoms with Gasteiger partial charge in [0.05, 0.1) is 5.75 Å². The maximum Gasteiger partial charge on any atom is 0.147 e. The molecule has 0 aliphatic carbocycles. The van der Waals surface area contributed by atoms with Crippen molar-refractivity contribution in [2.24, 2.45) is 5.41 Å². The lowest BCUT2D eigenvalue weighted by Crippen LogP contribution is -2.26. The highest BCUT2D eigenvalue weighted by molar-refractivity contribution is 7.90. The molecule has 0 aromatic rings. The Kier molecular flexibility index (Phi) is 4.92. The number of aliphatic hydroxyl groups excluding tert-OH is 1. The van der Waals surface area contributed by atoms with E-state index in [9.17, 15) is 13.5 Å². The molecule has 0 aliphatic heterocycles. The standard InChI is InChI=1S/C9H20O3S/c1-4-9(5-2,8-10)6-7-13(3,11)12/h10H,4-8H2,1-3H3. The van der Waals surface area contributed by atoms with Gasteiger partial charge in [0.1, 0.15) is 9.84 Å². The quantitative estimate of drug-likeness (QED) is 0.714. The van der Waals surface area contributed by atoms with Crippen molar-refractivity contribution >= 4 is 9.84 Å². The summed E-state index contributed by atoms with van der Waals surface area (Å²) in [6, 6.07) is 0. The Hall–Kier alpha value is -0.0900. The van der Waals surface area contributed by atoms with Gasteiger partial charge in [-0.1, -0.05) is 13.8 Å². The average molecular weight is 208 g/mol. The van der Waals surface area contributed by atoms with Gasteiger partial charge < -0.3 is 5.11 Å². The fourth-order valence-corrected chi connectivity index (χ4v) is 2.11. The fourth-order valence-electron chi connectivity index (χ4n) is 1.31. The van der Waals surface area contributed by atoms with Crippen LogP contribution in [0, 0.1) is 5.41 Å². The Balaban J connectivity index is 4.27. The zero-order valence-electron chi connectivity index (χ0n) is 8.71. The van der Waals surface area contributed by atoms with E-state index in [0.717, 1.165) is 12.8 Å². The van der Waals surface area contributed by atoms with Crippen molar-refractivity contribution in [1.82, 2.24) is 0 Å². The minimum Gasteiger partial charge on any atom is -0.396 e. The van der Waals surface area contributed by atoms with Crippen LogP contribution < -0.4 is 0 Å². The van der Waals surface area contributed by atoms with Crippen LogP contribution in [-0.2, 0) is 9.84 Å². The summed E-state index contributed by atoms with van der Waals surface area (Å²) in [6.07, 6.45) is 3.46. The smallest absolute Gasteiger partial charge is 0.147 e. The minimum absolute atomic E-state index is 0.0789. The Bertz CT molecular complexity index is 219. The zero-order chi connectivity index (χ0) is 10.5. The molecule has 0 fully saturated rings. The lowest BCUT2D eigenvalue weighted by molar-refractivity contribution is 0.111. The molecule has 0 amide bonds. The van der Waals surface area contributed by atoms with Gasteiger partial charge in [-0.2, -0.15) is 0 Å². The first-order valence-electron chi connectivity index (χ1n) is 4.67. The van der Waals surface area contributed by atoms with Crippen molar-refractivity contribution in [1.29, 1.82) is 0 Å². The van der Waals surface area contributed by atoms with Gasteiger partial charge in [0, 0.05) is 12.9 Å². The van der Waals surface area contributed by atoms with E-state index in [0.29, 0.717) is 6.42 Å². The minimum atomic E-state index is -2.90. The Labute approximate surface area is 81.1 Å². The molecule has 0 atom stereocenters. The number of sulfone groups is 1. The van der Waals surface area contributed by atoms with E-state index in [2.05, 4.69) is 0 Å². The summed E-state index contributed by atoms with van der Waals surface area (Å²) in [5.41, 5.74) is -0.191. The highest BCUT2D eigenvalue weighted by atomic mass is 32.2. The molecule has 0 rings (SSSR count). The van der Waals surface area contributed by atoms with Crippen LogP contribution in [0.2, 0.25) is 0 Å². The summed E-state index contributed by atoms with van der Waals surface area (Å²) in [5.74, 6) is 0.176. The van der Waals surface area contributed by atoms with Gasteiger partial charge in [0.25, 0.3) is 0 Å². The summed E-state index contributed by atoms with van der Waals surface area (Å²) in [7, 11) is -2.90. The summed E-state index contributed by atoms with van der Waals surface area (Å²) >= 11 is 0. The van der Waals surface area contributed by atoms with E-state index in [-0.39, 0.29) is 17.8 Å². The maximum atomic E-state index is 10.9. The third kappa shape index (κ3) is 4.62. The molecule has 0 aliphatic rings. The second kappa shape index (κ2) is 4.96. The molecule has 0 unspecified atom stereocenters. The van der Waals surface area contributed by atoms with Gasteiger partial charge in [-0.05, 0) is 24.7 Å². The van der Waals surface area contributed by atoms with E-state index in [4.69, 9.17) is 0 Å². The van der Waals surface area contributed by atoms with Crippen LogP contribution in [0.4, 0.5) is 0 Å². The molecule has 0 saturated carbocycles. The Morgan fingerprint density at radius 3 is 1.92 bits per heavy atom. The Morgan fingerprint density at radius 1 is 1.23 bits per heavy atom. The second-order valence-electron chi connectivity index (χ2n) is 3.75. The summed E-state index contributed by atoms with van der Waals surface area (Å²) in [5, 5.41) is 9.18. The molecule has 0 bridgehead atoms. The van der Waals surface area contributed by atoms with Crippen LogP contribution in [0.15, 0.2) is 0 Å². The number of hydrogen-bond donors (Lipinski definition) is 1. The molecule has 0 aromatic heterocycles. The van der Waals surface area contributed by atoms with Gasteiger partial charge in [0.2, 0.25) is 0 Å². The van der Waals surface area contributed by atoms with Crippen molar-refractivity contribution < 1.29 is 13.5 Å². The van der Waals surface area contributed by atoms with E-state index >= 15 is 0 Å². The fraction of sp³-hybridized carbons (Fsp3) is 1.00. The molecule has 4 heteroatoms. The first-order chi connectivity index (χ1) is 5.89. The lowest BCUT2D eigenvalue weighted by Gasteiger charge is -2.28. The summed E-state index contributed by atoms with van der Waals surface area (Å²) in [6.45, 7) is 4.06. The van der Waals surface area contributed by atoms with Crippen LogP contribution in [0.3, 0.4) is 0 Å². The SMILES string of the molecule is CCC(CC)(CO)CCS(C)(=O)=O. The molecule has 13 heavy (non-hydrogen) atoms. The van der Waals surface area contributed by atoms with Gasteiger partial charge in [-0.3, -0.25) is 0 Å². The van der Waals surface area contributed by atoms with Crippen LogP contribution >= 0.6 is 0 Å². The third-order valence-electron chi connectivity index (χ3n) is 2.84. The predicted octanol–water partition coefficient (Wildman–Crippen LogP) is 1.22. The van der Waals surface area contributed by atoms with E-state index in [1.807, 2.05) is 13.8 Å². The van der Waals surface area contributed by atoms with E-state index in [1.54, 1.807) is 0 Å². The highest BCUT2D eigenvalue weighted by Gasteiger charge is 2.26. The largest absolute Gasteiger partial charge is 0.396 e. The maximum absolute atomic E-state index is 10.9. The zero-order valence-corrected chi connectivity index (χ0v) is 9.52. The van der Waals surface area contributed by atoms with Crippen LogP contribution in [0.5, 0.6) is 0 Å². The van der Waals surface area contributed by atoms with Crippen molar-refractivity contribution in [2.45, 2.75) is 33.1 Å². The van der Waals surface area contributed by atoms with E-state index < -0.39 is 9.84 Å². The molecule has 0 radical (unpaired) electrons. The molecular formula is C9H20O3S. The third-order valence-corrected chi connectivity index (χ3v) is 3.78. The normalized spacial score (nSPS) is 13.2. The number of rotatable bonds is 6. The van der Waals surface area contributed by atoms with Gasteiger partial charge >= 0.3 is 0 Å². The Morgan fingerprint density at radius 2 is 1.69 bits per heavy atom. The molecule has 3 nitrogen and oxygen atoms in total. The molecular weight excluding hydrogens is 188 g/mol. The first kappa shape index (κ1) is 12.9. The van der Waals surface area contributed by atoms with E-state index in [1.165, 1.54) is 6.26 Å². The van der Waals surface area contributed by atoms with Gasteiger partial charge in [0.15, 0.2) is 0 Å². The van der Waals surface area contributed by atoms with Crippen molar-refractivity contribution in [3.8, 4) is 0 Å². The van der Waals surface area contributed by atoms with Crippen molar-refractivity contribution in [3.63, 3.8) is 0 Å². The second-order valence-corrected chi connectivity index (χ2v) is 6.00. The monoisotopic (exact) mass is 208 g/mol. The summed E-state index contributed by atoms with van der Waals surface area (Å²) < 4.78 is 21.9. The van der Waals surface area contributed by atoms with Gasteiger partial charge in [-0.15, -0.1) is 0 Å². The topological polar surface area (TPSA) is 54.4 Å². The van der Waals surface area contributed by atoms with Crippen LogP contribution in [0.1, 0.15) is 33.1 Å². The molecule has 0 saturated heterocycles. The molecule has 80 valence electrons. The van der Waals surface area contributed by atoms with Crippen molar-refractivity contribution in [2.75, 3.05) is 18.6 Å². The summed E-state index contributed by atoms with van der Waals surface area (Å²) in [4.78, 5) is 0. The van der Waals surface area contributed by atoms with Gasteiger partial charge in [-0.25, -0.2) is 8.42 Å². The van der Waals surface area contributed by atoms with Crippen LogP contribution in [0.25, 0.3) is 0 Å². The number of aliphatic hydroxyl groups is 1. The first-order valence-corrected chi connectivity index (χ1v) is 6.74. The molecule has 0 aromatic carbocycles. The van der Waals surface area contributed by atoms with Crippen LogP contribution in [-0.4, -0.2) is 32.1 Å².